The molecule has 7 N–H and O–H groups in total. The lowest BCUT2D eigenvalue weighted by Gasteiger charge is -2.13. The molecule has 0 aromatic carbocycles. The third kappa shape index (κ3) is 2.50. The number of nitrogens with zero attached hydrogens (tertiary/aromatic N) is 3. The Labute approximate surface area is 106 Å². The molecule has 10 heteroatoms. The molecule has 0 radical (unpaired) electrons. The number of aromatic nitrogens is 4. The van der Waals surface area contributed by atoms with Crippen LogP contribution in [-0.2, 0) is 11.5 Å². The summed E-state index contributed by atoms with van der Waals surface area (Å²) in [6.07, 6.45) is -0.754. The zero-order valence-electron chi connectivity index (χ0n) is 9.91. The van der Waals surface area contributed by atoms with Crippen molar-refractivity contribution in [3.8, 4) is 0 Å². The number of H-pyrrole nitrogens is 1. The molecule has 0 saturated carbocycles. The van der Waals surface area contributed by atoms with E-state index in [-0.39, 0.29) is 43.0 Å². The topological polar surface area (TPSA) is 165 Å². The molecule has 0 atom stereocenters. The predicted octanol–water partition coefficient (Wildman–Crippen LogP) is -2.39. The molecule has 2 aromatic rings. The monoisotopic (exact) mass is 270 g/mol. The number of ether oxygens (including phenoxy) is 1. The highest BCUT2D eigenvalue weighted by Gasteiger charge is 2.15. The summed E-state index contributed by atoms with van der Waals surface area (Å²) in [5, 5.41) is 17.8. The molecule has 0 amide bonds. The number of aliphatic hydroxyl groups excluding tert-OH is 2. The average molecular weight is 270 g/mol. The van der Waals surface area contributed by atoms with Crippen molar-refractivity contribution in [3.63, 3.8) is 0 Å². The summed E-state index contributed by atoms with van der Waals surface area (Å²) in [6.45, 7) is -0.817. The van der Waals surface area contributed by atoms with Gasteiger partial charge in [0.2, 0.25) is 11.9 Å². The van der Waals surface area contributed by atoms with Gasteiger partial charge in [0.25, 0.3) is 5.56 Å². The fourth-order valence-corrected chi connectivity index (χ4v) is 1.51. The maximum Gasteiger partial charge on any atom is 0.280 e. The van der Waals surface area contributed by atoms with Gasteiger partial charge < -0.3 is 26.4 Å². The summed E-state index contributed by atoms with van der Waals surface area (Å²) in [5.74, 6) is -0.0484. The number of aliphatic hydroxyl groups is 2. The van der Waals surface area contributed by atoms with Crippen molar-refractivity contribution in [3.05, 3.63) is 10.4 Å². The van der Waals surface area contributed by atoms with E-state index in [1.807, 2.05) is 0 Å². The Kier molecular flexibility index (Phi) is 3.64. The first kappa shape index (κ1) is 13.3. The molecule has 0 aliphatic carbocycles. The first-order chi connectivity index (χ1) is 9.06. The summed E-state index contributed by atoms with van der Waals surface area (Å²) in [6, 6.07) is 0. The molecule has 0 aliphatic rings. The maximum absolute atomic E-state index is 11.6. The number of nitrogen functional groups attached to an aromatic ring is 2. The quantitative estimate of drug-likeness (QED) is 0.401. The van der Waals surface area contributed by atoms with E-state index in [2.05, 4.69) is 15.0 Å². The number of aromatic amines is 1. The van der Waals surface area contributed by atoms with Gasteiger partial charge in [0, 0.05) is 0 Å². The van der Waals surface area contributed by atoms with E-state index >= 15 is 0 Å². The first-order valence-corrected chi connectivity index (χ1v) is 5.41. The van der Waals surface area contributed by atoms with Crippen LogP contribution < -0.4 is 17.0 Å². The van der Waals surface area contributed by atoms with Gasteiger partial charge in [0.05, 0.1) is 13.2 Å². The van der Waals surface area contributed by atoms with Gasteiger partial charge in [-0.3, -0.25) is 14.3 Å². The van der Waals surface area contributed by atoms with Crippen molar-refractivity contribution in [1.82, 2.24) is 19.5 Å². The molecule has 10 nitrogen and oxygen atoms in total. The normalized spacial score (nSPS) is 11.5. The second kappa shape index (κ2) is 5.22. The smallest absolute Gasteiger partial charge is 0.280 e. The highest BCUT2D eigenvalue weighted by atomic mass is 16.5. The minimum atomic E-state index is -0.754. The van der Waals surface area contributed by atoms with Crippen LogP contribution in [0.15, 0.2) is 4.79 Å². The molecule has 0 aliphatic heterocycles. The van der Waals surface area contributed by atoms with Gasteiger partial charge in [-0.1, -0.05) is 0 Å². The standard InChI is InChI=1S/C9H14N6O4/c10-8-13-6-5(7(18)14-8)12-9(11)15(6)3-19-4(1-16)2-17/h4,16-17H,1-3H2,(H2,11,12)(H3,10,13,14,18). The molecule has 2 aromatic heterocycles. The van der Waals surface area contributed by atoms with Gasteiger partial charge in [-0.2, -0.15) is 4.98 Å². The predicted molar refractivity (Wildman–Crippen MR) is 66.0 cm³/mol. The molecular formula is C9H14N6O4. The summed E-state index contributed by atoms with van der Waals surface area (Å²) < 4.78 is 6.52. The maximum atomic E-state index is 11.6. The van der Waals surface area contributed by atoms with Crippen LogP contribution in [-0.4, -0.2) is 49.0 Å². The lowest BCUT2D eigenvalue weighted by molar-refractivity contribution is -0.0481. The van der Waals surface area contributed by atoms with Crippen LogP contribution in [0.4, 0.5) is 11.9 Å². The Morgan fingerprint density at radius 3 is 2.63 bits per heavy atom. The molecule has 2 rings (SSSR count). The molecular weight excluding hydrogens is 256 g/mol. The number of hydrogen-bond donors (Lipinski definition) is 5. The van der Waals surface area contributed by atoms with E-state index in [1.54, 1.807) is 0 Å². The third-order valence-electron chi connectivity index (χ3n) is 2.50. The number of imidazole rings is 1. The molecule has 0 spiro atoms. The Bertz CT molecular complexity index is 631. The van der Waals surface area contributed by atoms with Crippen LogP contribution >= 0.6 is 0 Å². The molecule has 19 heavy (non-hydrogen) atoms. The van der Waals surface area contributed by atoms with Crippen LogP contribution in [0.3, 0.4) is 0 Å². The summed E-state index contributed by atoms with van der Waals surface area (Å²) in [7, 11) is 0. The van der Waals surface area contributed by atoms with Crippen molar-refractivity contribution in [2.24, 2.45) is 0 Å². The molecule has 0 fully saturated rings. The van der Waals surface area contributed by atoms with Gasteiger partial charge in [-0.25, -0.2) is 4.98 Å². The minimum Gasteiger partial charge on any atom is -0.394 e. The molecule has 0 bridgehead atoms. The summed E-state index contributed by atoms with van der Waals surface area (Å²) in [4.78, 5) is 21.7. The van der Waals surface area contributed by atoms with Crippen LogP contribution in [0.2, 0.25) is 0 Å². The Balaban J connectivity index is 2.37. The van der Waals surface area contributed by atoms with Gasteiger partial charge in [-0.05, 0) is 0 Å². The molecule has 104 valence electrons. The van der Waals surface area contributed by atoms with Crippen LogP contribution in [0.1, 0.15) is 0 Å². The van der Waals surface area contributed by atoms with Gasteiger partial charge >= 0.3 is 0 Å². The van der Waals surface area contributed by atoms with Crippen molar-refractivity contribution in [2.75, 3.05) is 24.7 Å². The van der Waals surface area contributed by atoms with Crippen molar-refractivity contribution >= 4 is 23.1 Å². The van der Waals surface area contributed by atoms with Crippen molar-refractivity contribution < 1.29 is 14.9 Å². The van der Waals surface area contributed by atoms with Crippen molar-refractivity contribution in [2.45, 2.75) is 12.8 Å². The Hall–Kier alpha value is -2.17. The second-order valence-electron chi connectivity index (χ2n) is 3.80. The van der Waals surface area contributed by atoms with Gasteiger partial charge in [-0.15, -0.1) is 0 Å². The fourth-order valence-electron chi connectivity index (χ4n) is 1.51. The van der Waals surface area contributed by atoms with E-state index in [1.165, 1.54) is 4.57 Å². The third-order valence-corrected chi connectivity index (χ3v) is 2.50. The van der Waals surface area contributed by atoms with E-state index in [4.69, 9.17) is 26.4 Å². The number of fused-ring (bicyclic) bond motifs is 1. The van der Waals surface area contributed by atoms with Gasteiger partial charge in [0.1, 0.15) is 12.8 Å². The number of hydrogen-bond acceptors (Lipinski definition) is 8. The number of rotatable bonds is 5. The zero-order valence-corrected chi connectivity index (χ0v) is 9.91. The highest BCUT2D eigenvalue weighted by Crippen LogP contribution is 2.13. The van der Waals surface area contributed by atoms with Gasteiger partial charge in [0.15, 0.2) is 11.2 Å². The molecule has 0 unspecified atom stereocenters. The van der Waals surface area contributed by atoms with Crippen molar-refractivity contribution in [1.29, 1.82) is 0 Å². The Morgan fingerprint density at radius 2 is 2.00 bits per heavy atom. The SMILES string of the molecule is Nc1nc2c(nc(N)n2COC(CO)CO)c(=O)[nH]1. The van der Waals surface area contributed by atoms with E-state index in [0.29, 0.717) is 0 Å². The fraction of sp³-hybridized carbons (Fsp3) is 0.444. The van der Waals surface area contributed by atoms with Crippen LogP contribution in [0.5, 0.6) is 0 Å². The Morgan fingerprint density at radius 1 is 1.32 bits per heavy atom. The van der Waals surface area contributed by atoms with Crippen LogP contribution in [0.25, 0.3) is 11.2 Å². The molecule has 0 saturated heterocycles. The lowest BCUT2D eigenvalue weighted by Crippen LogP contribution is -2.24. The van der Waals surface area contributed by atoms with E-state index in [0.717, 1.165) is 0 Å². The van der Waals surface area contributed by atoms with Crippen LogP contribution in [0, 0.1) is 0 Å². The second-order valence-corrected chi connectivity index (χ2v) is 3.80. The number of nitrogens with two attached hydrogens (primary N) is 2. The summed E-state index contributed by atoms with van der Waals surface area (Å²) in [5.41, 5.74) is 10.8. The average Bonchev–Trinajstić information content (AvgIpc) is 2.68. The van der Waals surface area contributed by atoms with E-state index < -0.39 is 11.7 Å². The zero-order chi connectivity index (χ0) is 14.0. The molecule has 2 heterocycles. The minimum absolute atomic E-state index is 0.0215. The largest absolute Gasteiger partial charge is 0.394 e. The number of anilines is 2. The number of nitrogens with one attached hydrogen (secondary N) is 1. The highest BCUT2D eigenvalue weighted by molar-refractivity contribution is 5.73. The van der Waals surface area contributed by atoms with E-state index in [9.17, 15) is 4.79 Å². The lowest BCUT2D eigenvalue weighted by atomic mass is 10.4. The summed E-state index contributed by atoms with van der Waals surface area (Å²) >= 11 is 0. The first-order valence-electron chi connectivity index (χ1n) is 5.41.